The lowest BCUT2D eigenvalue weighted by Crippen LogP contribution is -2.15. The summed E-state index contributed by atoms with van der Waals surface area (Å²) in [4.78, 5) is 12.0. The maximum Gasteiger partial charge on any atom is 0.338 e. The first-order valence-electron chi connectivity index (χ1n) is 6.76. The second-order valence-electron chi connectivity index (χ2n) is 4.94. The highest BCUT2D eigenvalue weighted by Crippen LogP contribution is 2.25. The molecule has 1 saturated carbocycles. The molecule has 1 fully saturated rings. The van der Waals surface area contributed by atoms with Gasteiger partial charge in [-0.15, -0.1) is 0 Å². The summed E-state index contributed by atoms with van der Waals surface area (Å²) < 4.78 is 5.42. The van der Waals surface area contributed by atoms with Crippen molar-refractivity contribution in [1.29, 1.82) is 0 Å². The van der Waals surface area contributed by atoms with Gasteiger partial charge in [0, 0.05) is 0 Å². The molecule has 0 unspecified atom stereocenters. The number of esters is 1. The van der Waals surface area contributed by atoms with Crippen molar-refractivity contribution in [1.82, 2.24) is 0 Å². The fraction of sp³-hybridized carbons (Fsp3) is 0.533. The van der Waals surface area contributed by atoms with Crippen LogP contribution in [0.3, 0.4) is 0 Å². The van der Waals surface area contributed by atoms with Crippen LogP contribution in [-0.2, 0) is 11.2 Å². The number of rotatable bonds is 5. The molecule has 0 aliphatic heterocycles. The molecule has 0 aromatic heterocycles. The van der Waals surface area contributed by atoms with Gasteiger partial charge in [-0.05, 0) is 43.4 Å². The van der Waals surface area contributed by atoms with Gasteiger partial charge >= 0.3 is 5.97 Å². The van der Waals surface area contributed by atoms with Gasteiger partial charge in [0.2, 0.25) is 0 Å². The van der Waals surface area contributed by atoms with E-state index in [2.05, 4.69) is 0 Å². The van der Waals surface area contributed by atoms with E-state index in [4.69, 9.17) is 10.5 Å². The molecule has 0 spiro atoms. The first kappa shape index (κ1) is 13.1. The highest BCUT2D eigenvalue weighted by atomic mass is 16.5. The average molecular weight is 247 g/mol. The summed E-state index contributed by atoms with van der Waals surface area (Å²) in [5, 5.41) is 0. The number of benzene rings is 1. The van der Waals surface area contributed by atoms with Gasteiger partial charge in [-0.1, -0.05) is 31.0 Å². The topological polar surface area (TPSA) is 52.3 Å². The molecule has 2 rings (SSSR count). The van der Waals surface area contributed by atoms with Gasteiger partial charge in [0.25, 0.3) is 0 Å². The first-order chi connectivity index (χ1) is 8.81. The van der Waals surface area contributed by atoms with Crippen molar-refractivity contribution in [3.63, 3.8) is 0 Å². The van der Waals surface area contributed by atoms with Gasteiger partial charge in [0.15, 0.2) is 0 Å². The maximum atomic E-state index is 12.0. The van der Waals surface area contributed by atoms with Crippen LogP contribution in [0.25, 0.3) is 0 Å². The van der Waals surface area contributed by atoms with E-state index in [1.54, 1.807) is 0 Å². The molecule has 1 aliphatic carbocycles. The Hall–Kier alpha value is -1.35. The highest BCUT2D eigenvalue weighted by molar-refractivity contribution is 5.91. The van der Waals surface area contributed by atoms with Gasteiger partial charge in [-0.2, -0.15) is 0 Å². The third-order valence-corrected chi connectivity index (χ3v) is 3.58. The lowest BCUT2D eigenvalue weighted by molar-refractivity contribution is 0.0441. The van der Waals surface area contributed by atoms with Crippen molar-refractivity contribution in [3.05, 3.63) is 35.4 Å². The maximum absolute atomic E-state index is 12.0. The van der Waals surface area contributed by atoms with E-state index in [0.29, 0.717) is 31.1 Å². The van der Waals surface area contributed by atoms with Gasteiger partial charge in [-0.25, -0.2) is 4.79 Å². The number of carbonyl (C=O) groups excluding carboxylic acids is 1. The van der Waals surface area contributed by atoms with Crippen LogP contribution in [-0.4, -0.2) is 19.1 Å². The van der Waals surface area contributed by atoms with E-state index in [0.717, 1.165) is 5.56 Å². The van der Waals surface area contributed by atoms with Crippen molar-refractivity contribution in [2.45, 2.75) is 32.1 Å². The highest BCUT2D eigenvalue weighted by Gasteiger charge is 2.18. The van der Waals surface area contributed by atoms with E-state index in [-0.39, 0.29) is 5.97 Å². The normalized spacial score (nSPS) is 15.8. The summed E-state index contributed by atoms with van der Waals surface area (Å²) in [5.41, 5.74) is 7.20. The van der Waals surface area contributed by atoms with E-state index in [1.165, 1.54) is 25.7 Å². The molecule has 18 heavy (non-hydrogen) atoms. The van der Waals surface area contributed by atoms with Crippen LogP contribution in [0.15, 0.2) is 24.3 Å². The van der Waals surface area contributed by atoms with Crippen LogP contribution in [0, 0.1) is 5.92 Å². The zero-order valence-corrected chi connectivity index (χ0v) is 10.7. The Morgan fingerprint density at radius 3 is 2.72 bits per heavy atom. The van der Waals surface area contributed by atoms with E-state index in [1.807, 2.05) is 24.3 Å². The monoisotopic (exact) mass is 247 g/mol. The molecular formula is C15H21NO2. The molecular weight excluding hydrogens is 226 g/mol. The Kier molecular flexibility index (Phi) is 4.76. The molecule has 0 atom stereocenters. The Morgan fingerprint density at radius 1 is 1.28 bits per heavy atom. The molecule has 0 radical (unpaired) electrons. The minimum Gasteiger partial charge on any atom is -0.462 e. The summed E-state index contributed by atoms with van der Waals surface area (Å²) in [6.07, 6.45) is 5.64. The number of nitrogens with two attached hydrogens (primary N) is 1. The van der Waals surface area contributed by atoms with Crippen molar-refractivity contribution in [2.24, 2.45) is 11.7 Å². The SMILES string of the molecule is NCCc1ccccc1C(=O)OCC1CCCC1. The standard InChI is InChI=1S/C15H21NO2/c16-10-9-13-7-3-4-8-14(13)15(17)18-11-12-5-1-2-6-12/h3-4,7-8,12H,1-2,5-6,9-11,16H2. The quantitative estimate of drug-likeness (QED) is 0.813. The molecule has 98 valence electrons. The van der Waals surface area contributed by atoms with Gasteiger partial charge in [0.05, 0.1) is 12.2 Å². The number of hydrogen-bond donors (Lipinski definition) is 1. The largest absolute Gasteiger partial charge is 0.462 e. The molecule has 1 aromatic rings. The lowest BCUT2D eigenvalue weighted by Gasteiger charge is -2.12. The third-order valence-electron chi connectivity index (χ3n) is 3.58. The van der Waals surface area contributed by atoms with Crippen molar-refractivity contribution in [3.8, 4) is 0 Å². The molecule has 0 heterocycles. The molecule has 0 saturated heterocycles. The summed E-state index contributed by atoms with van der Waals surface area (Å²) >= 11 is 0. The number of carbonyl (C=O) groups is 1. The second kappa shape index (κ2) is 6.55. The van der Waals surface area contributed by atoms with Crippen LogP contribution in [0.5, 0.6) is 0 Å². The fourth-order valence-corrected chi connectivity index (χ4v) is 2.54. The lowest BCUT2D eigenvalue weighted by atomic mass is 10.0. The molecule has 3 heteroatoms. The fourth-order valence-electron chi connectivity index (χ4n) is 2.54. The number of hydrogen-bond acceptors (Lipinski definition) is 3. The minimum absolute atomic E-state index is 0.203. The van der Waals surface area contributed by atoms with E-state index >= 15 is 0 Å². The summed E-state index contributed by atoms with van der Waals surface area (Å²) in [7, 11) is 0. The van der Waals surface area contributed by atoms with Crippen molar-refractivity contribution in [2.75, 3.05) is 13.2 Å². The molecule has 3 nitrogen and oxygen atoms in total. The van der Waals surface area contributed by atoms with Gasteiger partial charge in [-0.3, -0.25) is 0 Å². The van der Waals surface area contributed by atoms with Crippen molar-refractivity contribution < 1.29 is 9.53 Å². The molecule has 1 aliphatic rings. The van der Waals surface area contributed by atoms with Crippen molar-refractivity contribution >= 4 is 5.97 Å². The second-order valence-corrected chi connectivity index (χ2v) is 4.94. The summed E-state index contributed by atoms with van der Waals surface area (Å²) in [5.74, 6) is 0.363. The summed E-state index contributed by atoms with van der Waals surface area (Å²) in [6, 6.07) is 7.56. The van der Waals surface area contributed by atoms with Crippen LogP contribution in [0.2, 0.25) is 0 Å². The van der Waals surface area contributed by atoms with Gasteiger partial charge in [0.1, 0.15) is 0 Å². The third kappa shape index (κ3) is 3.33. The zero-order chi connectivity index (χ0) is 12.8. The van der Waals surface area contributed by atoms with Crippen LogP contribution < -0.4 is 5.73 Å². The Morgan fingerprint density at radius 2 is 2.00 bits per heavy atom. The van der Waals surface area contributed by atoms with E-state index < -0.39 is 0 Å². The summed E-state index contributed by atoms with van der Waals surface area (Å²) in [6.45, 7) is 1.11. The van der Waals surface area contributed by atoms with E-state index in [9.17, 15) is 4.79 Å². The predicted molar refractivity (Wildman–Crippen MR) is 71.4 cm³/mol. The zero-order valence-electron chi connectivity index (χ0n) is 10.7. The molecule has 1 aromatic carbocycles. The Labute approximate surface area is 108 Å². The smallest absolute Gasteiger partial charge is 0.338 e. The van der Waals surface area contributed by atoms with Crippen LogP contribution in [0.4, 0.5) is 0 Å². The van der Waals surface area contributed by atoms with Gasteiger partial charge < -0.3 is 10.5 Å². The van der Waals surface area contributed by atoms with Crippen LogP contribution in [0.1, 0.15) is 41.6 Å². The number of ether oxygens (including phenoxy) is 1. The minimum atomic E-state index is -0.203. The molecule has 0 amide bonds. The Balaban J connectivity index is 1.94. The van der Waals surface area contributed by atoms with Crippen LogP contribution >= 0.6 is 0 Å². The molecule has 0 bridgehead atoms. The Bertz CT molecular complexity index is 397. The molecule has 2 N–H and O–H groups in total. The first-order valence-corrected chi connectivity index (χ1v) is 6.76. The predicted octanol–water partition coefficient (Wildman–Crippen LogP) is 2.53. The average Bonchev–Trinajstić information content (AvgIpc) is 2.90.